The smallest absolute Gasteiger partial charge is 0.223 e. The highest BCUT2D eigenvalue weighted by atomic mass is 127. The Morgan fingerprint density at radius 1 is 1.14 bits per heavy atom. The largest absolute Gasteiger partial charge is 0.436 e. The van der Waals surface area contributed by atoms with Crippen LogP contribution in [0.2, 0.25) is 0 Å². The van der Waals surface area contributed by atoms with E-state index >= 15 is 0 Å². The van der Waals surface area contributed by atoms with Crippen molar-refractivity contribution < 1.29 is 13.5 Å². The van der Waals surface area contributed by atoms with Gasteiger partial charge in [-0.2, -0.15) is 10.1 Å². The van der Waals surface area contributed by atoms with Crippen LogP contribution in [0.5, 0.6) is 11.6 Å². The average molecular weight is 586 g/mol. The quantitative estimate of drug-likeness (QED) is 0.166. The van der Waals surface area contributed by atoms with Gasteiger partial charge in [0, 0.05) is 47.6 Å². The fraction of sp³-hybridized carbons (Fsp3) is 0.160. The van der Waals surface area contributed by atoms with Gasteiger partial charge in [-0.15, -0.1) is 0 Å². The number of rotatable bonds is 8. The number of benzene rings is 2. The lowest BCUT2D eigenvalue weighted by molar-refractivity contribution is 0.425. The standard InChI is InChI=1S/C25H21F2IN6O/c1-15-29-8-10-34(15)11-9-30-20-13-22(35-21-7-6-17(26)12-19(21)27)31-25-23(20)24(32-33-25)18-5-3-2-4-16(18)14-28/h2-8,10,12-13H,9,11,14H2,1H3,(H2,30,31,32,33). The Morgan fingerprint density at radius 2 is 2.00 bits per heavy atom. The number of imidazole rings is 1. The monoisotopic (exact) mass is 586 g/mol. The van der Waals surface area contributed by atoms with E-state index in [1.54, 1.807) is 12.3 Å². The third kappa shape index (κ3) is 4.83. The number of nitrogens with zero attached hydrogens (tertiary/aromatic N) is 4. The molecule has 3 heterocycles. The van der Waals surface area contributed by atoms with Crippen molar-refractivity contribution >= 4 is 39.3 Å². The Morgan fingerprint density at radius 3 is 2.77 bits per heavy atom. The van der Waals surface area contributed by atoms with Crippen molar-refractivity contribution in [3.05, 3.63) is 83.9 Å². The molecular formula is C25H21F2IN6O. The van der Waals surface area contributed by atoms with Crippen LogP contribution in [0.3, 0.4) is 0 Å². The molecule has 0 aliphatic heterocycles. The van der Waals surface area contributed by atoms with Crippen LogP contribution in [0.15, 0.2) is 60.9 Å². The fourth-order valence-corrected chi connectivity index (χ4v) is 4.55. The number of ether oxygens (including phenoxy) is 1. The van der Waals surface area contributed by atoms with Gasteiger partial charge in [0.15, 0.2) is 17.2 Å². The number of pyridine rings is 1. The Hall–Kier alpha value is -3.54. The number of H-pyrrole nitrogens is 1. The van der Waals surface area contributed by atoms with Crippen LogP contribution >= 0.6 is 22.6 Å². The summed E-state index contributed by atoms with van der Waals surface area (Å²) in [5.41, 5.74) is 4.17. The molecule has 0 spiro atoms. The van der Waals surface area contributed by atoms with Gasteiger partial charge in [-0.25, -0.2) is 13.8 Å². The molecule has 10 heteroatoms. The van der Waals surface area contributed by atoms with Crippen LogP contribution in [0.1, 0.15) is 11.4 Å². The van der Waals surface area contributed by atoms with Gasteiger partial charge >= 0.3 is 0 Å². The average Bonchev–Trinajstić information content (AvgIpc) is 3.47. The number of alkyl halides is 1. The maximum atomic E-state index is 14.2. The first-order valence-electron chi connectivity index (χ1n) is 10.9. The Bertz CT molecular complexity index is 1500. The predicted octanol–water partition coefficient (Wildman–Crippen LogP) is 6.25. The summed E-state index contributed by atoms with van der Waals surface area (Å²) in [6.45, 7) is 3.23. The van der Waals surface area contributed by atoms with E-state index in [4.69, 9.17) is 4.74 Å². The van der Waals surface area contributed by atoms with E-state index in [2.05, 4.69) is 54.1 Å². The fourth-order valence-electron chi connectivity index (χ4n) is 3.89. The molecule has 2 aromatic carbocycles. The number of aromatic nitrogens is 5. The normalized spacial score (nSPS) is 11.2. The number of aryl methyl sites for hydroxylation is 1. The van der Waals surface area contributed by atoms with Crippen molar-refractivity contribution in [1.29, 1.82) is 0 Å². The molecule has 0 fully saturated rings. The predicted molar refractivity (Wildman–Crippen MR) is 139 cm³/mol. The van der Waals surface area contributed by atoms with E-state index in [9.17, 15) is 8.78 Å². The van der Waals surface area contributed by atoms with Crippen molar-refractivity contribution in [1.82, 2.24) is 24.7 Å². The van der Waals surface area contributed by atoms with Crippen LogP contribution in [0, 0.1) is 18.6 Å². The summed E-state index contributed by atoms with van der Waals surface area (Å²) in [7, 11) is 0. The molecule has 7 nitrogen and oxygen atoms in total. The summed E-state index contributed by atoms with van der Waals surface area (Å²) in [6.07, 6.45) is 3.68. The molecule has 0 bridgehead atoms. The number of halogens is 3. The third-order valence-corrected chi connectivity index (χ3v) is 6.45. The molecular weight excluding hydrogens is 565 g/mol. The summed E-state index contributed by atoms with van der Waals surface area (Å²) in [4.78, 5) is 8.75. The van der Waals surface area contributed by atoms with E-state index in [1.807, 2.05) is 35.9 Å². The number of aromatic amines is 1. The lowest BCUT2D eigenvalue weighted by Crippen LogP contribution is -2.11. The highest BCUT2D eigenvalue weighted by Crippen LogP contribution is 2.37. The van der Waals surface area contributed by atoms with Crippen LogP contribution in [0.25, 0.3) is 22.3 Å². The zero-order chi connectivity index (χ0) is 24.4. The first-order valence-corrected chi connectivity index (χ1v) is 12.4. The van der Waals surface area contributed by atoms with Crippen LogP contribution in [-0.2, 0) is 11.0 Å². The van der Waals surface area contributed by atoms with Crippen molar-refractivity contribution in [2.45, 2.75) is 17.9 Å². The number of hydrogen-bond acceptors (Lipinski definition) is 5. The molecule has 0 aliphatic carbocycles. The number of fused-ring (bicyclic) bond motifs is 1. The van der Waals surface area contributed by atoms with Crippen molar-refractivity contribution in [2.75, 3.05) is 11.9 Å². The molecule has 35 heavy (non-hydrogen) atoms. The highest BCUT2D eigenvalue weighted by Gasteiger charge is 2.18. The maximum absolute atomic E-state index is 14.2. The minimum atomic E-state index is -0.810. The van der Waals surface area contributed by atoms with Crippen molar-refractivity contribution in [2.24, 2.45) is 0 Å². The summed E-state index contributed by atoms with van der Waals surface area (Å²) >= 11 is 2.33. The molecule has 2 N–H and O–H groups in total. The van der Waals surface area contributed by atoms with Gasteiger partial charge in [-0.3, -0.25) is 5.10 Å². The van der Waals surface area contributed by atoms with Crippen LogP contribution < -0.4 is 10.1 Å². The molecule has 0 saturated carbocycles. The van der Waals surface area contributed by atoms with E-state index < -0.39 is 11.6 Å². The Labute approximate surface area is 213 Å². The van der Waals surface area contributed by atoms with Gasteiger partial charge in [0.25, 0.3) is 0 Å². The minimum Gasteiger partial charge on any atom is -0.436 e. The molecule has 0 saturated heterocycles. The summed E-state index contributed by atoms with van der Waals surface area (Å²) < 4.78 is 36.1. The molecule has 0 atom stereocenters. The zero-order valence-corrected chi connectivity index (χ0v) is 20.9. The van der Waals surface area contributed by atoms with E-state index in [0.29, 0.717) is 18.7 Å². The van der Waals surface area contributed by atoms with Gasteiger partial charge in [-0.1, -0.05) is 46.9 Å². The number of hydrogen-bond donors (Lipinski definition) is 2. The summed E-state index contributed by atoms with van der Waals surface area (Å²) in [5.74, 6) is -0.548. The zero-order valence-electron chi connectivity index (χ0n) is 18.7. The molecule has 5 aromatic rings. The van der Waals surface area contributed by atoms with Crippen LogP contribution in [0.4, 0.5) is 14.5 Å². The first-order chi connectivity index (χ1) is 17.0. The first kappa shape index (κ1) is 23.2. The molecule has 3 aromatic heterocycles. The SMILES string of the molecule is Cc1nccn1CCNc1cc(Oc2ccc(F)cc2F)nc2n[nH]c(-c3ccccc3CI)c12. The summed E-state index contributed by atoms with van der Waals surface area (Å²) in [6, 6.07) is 12.9. The maximum Gasteiger partial charge on any atom is 0.223 e. The minimum absolute atomic E-state index is 0.121. The van der Waals surface area contributed by atoms with Gasteiger partial charge in [0.1, 0.15) is 11.6 Å². The topological polar surface area (TPSA) is 80.7 Å². The molecule has 0 unspecified atom stereocenters. The lowest BCUT2D eigenvalue weighted by Gasteiger charge is -2.13. The van der Waals surface area contributed by atoms with Gasteiger partial charge in [0.05, 0.1) is 16.8 Å². The molecule has 5 rings (SSSR count). The van der Waals surface area contributed by atoms with Gasteiger partial charge < -0.3 is 14.6 Å². The highest BCUT2D eigenvalue weighted by molar-refractivity contribution is 14.1. The van der Waals surface area contributed by atoms with E-state index in [1.165, 1.54) is 6.07 Å². The Balaban J connectivity index is 1.55. The van der Waals surface area contributed by atoms with E-state index in [0.717, 1.165) is 50.3 Å². The second-order valence-electron chi connectivity index (χ2n) is 7.87. The van der Waals surface area contributed by atoms with Crippen molar-refractivity contribution in [3.8, 4) is 22.9 Å². The second kappa shape index (κ2) is 9.98. The van der Waals surface area contributed by atoms with Gasteiger partial charge in [-0.05, 0) is 24.6 Å². The Kier molecular flexibility index (Phi) is 6.62. The molecule has 178 valence electrons. The molecule has 0 radical (unpaired) electrons. The third-order valence-electron chi connectivity index (χ3n) is 5.63. The van der Waals surface area contributed by atoms with Crippen LogP contribution in [-0.4, -0.2) is 31.3 Å². The molecule has 0 aliphatic rings. The summed E-state index contributed by atoms with van der Waals surface area (Å²) in [5, 5.41) is 11.8. The lowest BCUT2D eigenvalue weighted by atomic mass is 10.0. The van der Waals surface area contributed by atoms with Crippen molar-refractivity contribution in [3.63, 3.8) is 0 Å². The van der Waals surface area contributed by atoms with Gasteiger partial charge in [0.2, 0.25) is 5.88 Å². The second-order valence-corrected chi connectivity index (χ2v) is 8.63. The number of anilines is 1. The molecule has 0 amide bonds. The van der Waals surface area contributed by atoms with E-state index in [-0.39, 0.29) is 11.6 Å². The number of nitrogens with one attached hydrogen (secondary N) is 2.